The largest absolute Gasteiger partial charge is 0.332 e. The Morgan fingerprint density at radius 1 is 1.29 bits per heavy atom. The van der Waals surface area contributed by atoms with Gasteiger partial charge in [-0.15, -0.1) is 0 Å². The van der Waals surface area contributed by atoms with Crippen LogP contribution in [0.2, 0.25) is 5.02 Å². The van der Waals surface area contributed by atoms with Crippen LogP contribution in [0.4, 0.5) is 0 Å². The van der Waals surface area contributed by atoms with Gasteiger partial charge in [0.2, 0.25) is 5.91 Å². The van der Waals surface area contributed by atoms with E-state index in [0.29, 0.717) is 28.3 Å². The molecular formula is C21H19BrClN3O2. The van der Waals surface area contributed by atoms with Crippen LogP contribution in [0.25, 0.3) is 17.0 Å². The highest BCUT2D eigenvalue weighted by Crippen LogP contribution is 2.18. The summed E-state index contributed by atoms with van der Waals surface area (Å²) in [5.74, 6) is 0.280. The Labute approximate surface area is 176 Å². The van der Waals surface area contributed by atoms with E-state index < -0.39 is 0 Å². The van der Waals surface area contributed by atoms with Crippen LogP contribution in [0.15, 0.2) is 57.8 Å². The Morgan fingerprint density at radius 2 is 2.07 bits per heavy atom. The summed E-state index contributed by atoms with van der Waals surface area (Å²) in [7, 11) is 0. The van der Waals surface area contributed by atoms with Crippen LogP contribution < -0.4 is 5.56 Å². The van der Waals surface area contributed by atoms with Crippen molar-refractivity contribution in [2.45, 2.75) is 19.9 Å². The maximum atomic E-state index is 12.7. The van der Waals surface area contributed by atoms with Gasteiger partial charge >= 0.3 is 0 Å². The van der Waals surface area contributed by atoms with Gasteiger partial charge < -0.3 is 9.88 Å². The van der Waals surface area contributed by atoms with E-state index >= 15 is 0 Å². The van der Waals surface area contributed by atoms with Crippen LogP contribution in [-0.2, 0) is 11.3 Å². The van der Waals surface area contributed by atoms with E-state index in [0.717, 1.165) is 16.5 Å². The number of amides is 1. The van der Waals surface area contributed by atoms with Gasteiger partial charge in [0.05, 0.1) is 17.4 Å². The first kappa shape index (κ1) is 20.3. The summed E-state index contributed by atoms with van der Waals surface area (Å²) < 4.78 is 0.915. The molecule has 28 heavy (non-hydrogen) atoms. The monoisotopic (exact) mass is 459 g/mol. The number of H-pyrrole nitrogens is 1. The van der Waals surface area contributed by atoms with Crippen molar-refractivity contribution < 1.29 is 4.79 Å². The molecule has 1 heterocycles. The zero-order chi connectivity index (χ0) is 20.1. The molecule has 2 aromatic carbocycles. The standard InChI is InChI=1S/C21H19BrClN3O2/c1-2-11-26(20(27)10-7-14-5-3-4-6-17(14)22)13-19-24-18-12-15(23)8-9-16(18)21(28)25-19/h3-10,12H,2,11,13H2,1H3,(H,24,25,28)/b10-7+. The number of fused-ring (bicyclic) bond motifs is 1. The zero-order valence-corrected chi connectivity index (χ0v) is 17.6. The molecule has 1 amide bonds. The predicted octanol–water partition coefficient (Wildman–Crippen LogP) is 4.79. The second kappa shape index (κ2) is 9.17. The van der Waals surface area contributed by atoms with E-state index in [-0.39, 0.29) is 18.0 Å². The minimum Gasteiger partial charge on any atom is -0.332 e. The molecule has 0 aliphatic heterocycles. The minimum absolute atomic E-state index is 0.147. The third-order valence-corrected chi connectivity index (χ3v) is 5.13. The summed E-state index contributed by atoms with van der Waals surface area (Å²) in [6.07, 6.45) is 4.09. The van der Waals surface area contributed by atoms with Gasteiger partial charge in [0.15, 0.2) is 0 Å². The molecule has 0 saturated heterocycles. The summed E-state index contributed by atoms with van der Waals surface area (Å²) in [4.78, 5) is 33.9. The molecule has 0 atom stereocenters. The van der Waals surface area contributed by atoms with Gasteiger partial charge in [0.1, 0.15) is 5.82 Å². The molecule has 0 aliphatic rings. The van der Waals surface area contributed by atoms with Gasteiger partial charge in [0, 0.05) is 22.1 Å². The lowest BCUT2D eigenvalue weighted by Crippen LogP contribution is -2.31. The fraction of sp³-hybridized carbons (Fsp3) is 0.190. The van der Waals surface area contributed by atoms with Crippen molar-refractivity contribution in [3.05, 3.63) is 79.8 Å². The van der Waals surface area contributed by atoms with E-state index in [9.17, 15) is 9.59 Å². The van der Waals surface area contributed by atoms with E-state index in [1.54, 1.807) is 29.2 Å². The smallest absolute Gasteiger partial charge is 0.258 e. The molecule has 3 rings (SSSR count). The maximum Gasteiger partial charge on any atom is 0.258 e. The Morgan fingerprint density at radius 3 is 2.82 bits per heavy atom. The van der Waals surface area contributed by atoms with Gasteiger partial charge in [-0.25, -0.2) is 4.98 Å². The molecule has 144 valence electrons. The highest BCUT2D eigenvalue weighted by molar-refractivity contribution is 9.10. The number of hydrogen-bond donors (Lipinski definition) is 1. The first-order valence-corrected chi connectivity index (χ1v) is 10.0. The number of carbonyl (C=O) groups excluding carboxylic acids is 1. The summed E-state index contributed by atoms with van der Waals surface area (Å²) in [6, 6.07) is 12.6. The fourth-order valence-corrected chi connectivity index (χ4v) is 3.41. The Bertz CT molecular complexity index is 1090. The van der Waals surface area contributed by atoms with Crippen molar-refractivity contribution in [1.82, 2.24) is 14.9 Å². The molecule has 5 nitrogen and oxygen atoms in total. The lowest BCUT2D eigenvalue weighted by Gasteiger charge is -2.20. The normalized spacial score (nSPS) is 11.2. The zero-order valence-electron chi connectivity index (χ0n) is 15.3. The number of benzene rings is 2. The first-order valence-electron chi connectivity index (χ1n) is 8.88. The third-order valence-electron chi connectivity index (χ3n) is 4.17. The fourth-order valence-electron chi connectivity index (χ4n) is 2.83. The Kier molecular flexibility index (Phi) is 6.65. The lowest BCUT2D eigenvalue weighted by molar-refractivity contribution is -0.126. The molecular weight excluding hydrogens is 442 g/mol. The van der Waals surface area contributed by atoms with Gasteiger partial charge in [-0.3, -0.25) is 9.59 Å². The Balaban J connectivity index is 1.84. The van der Waals surface area contributed by atoms with Gasteiger partial charge in [-0.05, 0) is 42.3 Å². The van der Waals surface area contributed by atoms with Crippen molar-refractivity contribution in [2.24, 2.45) is 0 Å². The van der Waals surface area contributed by atoms with E-state index in [1.807, 2.05) is 31.2 Å². The number of halogens is 2. The lowest BCUT2D eigenvalue weighted by atomic mass is 10.2. The summed E-state index contributed by atoms with van der Waals surface area (Å²) in [5.41, 5.74) is 1.18. The molecule has 3 aromatic rings. The number of aromatic amines is 1. The van der Waals surface area contributed by atoms with Crippen molar-refractivity contribution >= 4 is 50.4 Å². The summed E-state index contributed by atoms with van der Waals surface area (Å²) >= 11 is 9.48. The van der Waals surface area contributed by atoms with Crippen LogP contribution in [-0.4, -0.2) is 27.3 Å². The topological polar surface area (TPSA) is 66.1 Å². The number of carbonyl (C=O) groups is 1. The van der Waals surface area contributed by atoms with Gasteiger partial charge in [-0.2, -0.15) is 0 Å². The maximum absolute atomic E-state index is 12.7. The number of rotatable bonds is 6. The molecule has 1 aromatic heterocycles. The third kappa shape index (κ3) is 4.88. The Hall–Kier alpha value is -2.44. The van der Waals surface area contributed by atoms with E-state index in [2.05, 4.69) is 25.9 Å². The second-order valence-electron chi connectivity index (χ2n) is 6.29. The van der Waals surface area contributed by atoms with Crippen LogP contribution in [0, 0.1) is 0 Å². The minimum atomic E-state index is -0.246. The molecule has 0 fully saturated rings. The molecule has 0 spiro atoms. The van der Waals surface area contributed by atoms with Crippen LogP contribution >= 0.6 is 27.5 Å². The molecule has 0 saturated carbocycles. The number of hydrogen-bond acceptors (Lipinski definition) is 3. The first-order chi connectivity index (χ1) is 13.5. The number of aromatic nitrogens is 2. The van der Waals surface area contributed by atoms with Crippen molar-refractivity contribution in [3.8, 4) is 0 Å². The molecule has 1 N–H and O–H groups in total. The van der Waals surface area contributed by atoms with Crippen LogP contribution in [0.5, 0.6) is 0 Å². The molecule has 7 heteroatoms. The van der Waals surface area contributed by atoms with Crippen molar-refractivity contribution in [3.63, 3.8) is 0 Å². The molecule has 0 aliphatic carbocycles. The molecule has 0 unspecified atom stereocenters. The van der Waals surface area contributed by atoms with Gasteiger partial charge in [0.25, 0.3) is 5.56 Å². The number of nitrogens with one attached hydrogen (secondary N) is 1. The van der Waals surface area contributed by atoms with Crippen LogP contribution in [0.3, 0.4) is 0 Å². The highest BCUT2D eigenvalue weighted by Gasteiger charge is 2.13. The van der Waals surface area contributed by atoms with E-state index in [4.69, 9.17) is 11.6 Å². The quantitative estimate of drug-likeness (QED) is 0.538. The summed E-state index contributed by atoms with van der Waals surface area (Å²) in [6.45, 7) is 2.76. The molecule has 0 radical (unpaired) electrons. The second-order valence-corrected chi connectivity index (χ2v) is 7.58. The number of nitrogens with zero attached hydrogens (tertiary/aromatic N) is 2. The SMILES string of the molecule is CCCN(Cc1nc2cc(Cl)ccc2c(=O)[nH]1)C(=O)/C=C/c1ccccc1Br. The van der Waals surface area contributed by atoms with Crippen LogP contribution in [0.1, 0.15) is 24.7 Å². The average molecular weight is 461 g/mol. The predicted molar refractivity (Wildman–Crippen MR) is 116 cm³/mol. The highest BCUT2D eigenvalue weighted by atomic mass is 79.9. The van der Waals surface area contributed by atoms with Crippen molar-refractivity contribution in [2.75, 3.05) is 6.54 Å². The van der Waals surface area contributed by atoms with Crippen molar-refractivity contribution in [1.29, 1.82) is 0 Å². The van der Waals surface area contributed by atoms with E-state index in [1.165, 1.54) is 6.08 Å². The van der Waals surface area contributed by atoms with Gasteiger partial charge in [-0.1, -0.05) is 52.7 Å². The summed E-state index contributed by atoms with van der Waals surface area (Å²) in [5, 5.41) is 0.977. The average Bonchev–Trinajstić information content (AvgIpc) is 2.66. The molecule has 0 bridgehead atoms.